The van der Waals surface area contributed by atoms with E-state index >= 15 is 0 Å². The van der Waals surface area contributed by atoms with E-state index in [1.165, 1.54) is 32.2 Å². The van der Waals surface area contributed by atoms with E-state index in [2.05, 4.69) is 4.74 Å². The fourth-order valence-electron chi connectivity index (χ4n) is 2.10. The molecule has 0 spiro atoms. The molecule has 0 amide bonds. The Balaban J connectivity index is 2.32. The minimum Gasteiger partial charge on any atom is -0.465 e. The topological polar surface area (TPSA) is 86.5 Å². The summed E-state index contributed by atoms with van der Waals surface area (Å²) < 4.78 is 4.56. The van der Waals surface area contributed by atoms with Crippen LogP contribution in [0.15, 0.2) is 42.5 Å². The molecule has 0 aliphatic rings. The number of nitrogens with zero attached hydrogens (tertiary/aromatic N) is 1. The van der Waals surface area contributed by atoms with Crippen LogP contribution in [0.2, 0.25) is 0 Å². The van der Waals surface area contributed by atoms with E-state index in [1.807, 2.05) is 0 Å². The van der Waals surface area contributed by atoms with Crippen molar-refractivity contribution in [2.45, 2.75) is 6.92 Å². The van der Waals surface area contributed by atoms with Crippen LogP contribution in [0.3, 0.4) is 0 Å². The van der Waals surface area contributed by atoms with Crippen molar-refractivity contribution in [1.29, 1.82) is 0 Å². The summed E-state index contributed by atoms with van der Waals surface area (Å²) >= 11 is 0. The van der Waals surface area contributed by atoms with Gasteiger partial charge in [-0.05, 0) is 30.7 Å². The van der Waals surface area contributed by atoms with Crippen LogP contribution >= 0.6 is 0 Å². The van der Waals surface area contributed by atoms with Crippen molar-refractivity contribution in [3.8, 4) is 0 Å². The Kier molecular flexibility index (Phi) is 5.21. The SMILES string of the molecule is COC(=O)c1ccc(/C=C/c2ccc(C(C)=O)cc2)c([N+](=O)[O-])c1. The lowest BCUT2D eigenvalue weighted by molar-refractivity contribution is -0.385. The van der Waals surface area contributed by atoms with Crippen LogP contribution in [-0.4, -0.2) is 23.8 Å². The quantitative estimate of drug-likeness (QED) is 0.275. The highest BCUT2D eigenvalue weighted by Gasteiger charge is 2.16. The van der Waals surface area contributed by atoms with Crippen LogP contribution in [0, 0.1) is 10.1 Å². The Morgan fingerprint density at radius 1 is 1.04 bits per heavy atom. The number of hydrogen-bond donors (Lipinski definition) is 0. The minimum atomic E-state index is -0.631. The van der Waals surface area contributed by atoms with Gasteiger partial charge in [-0.1, -0.05) is 30.3 Å². The van der Waals surface area contributed by atoms with Crippen LogP contribution in [0.4, 0.5) is 5.69 Å². The van der Waals surface area contributed by atoms with Crippen molar-refractivity contribution in [2.24, 2.45) is 0 Å². The Morgan fingerprint density at radius 3 is 2.21 bits per heavy atom. The van der Waals surface area contributed by atoms with E-state index in [1.54, 1.807) is 36.4 Å². The molecule has 0 aliphatic carbocycles. The molecular formula is C18H15NO5. The van der Waals surface area contributed by atoms with Crippen molar-refractivity contribution in [3.63, 3.8) is 0 Å². The third kappa shape index (κ3) is 3.92. The standard InChI is InChI=1S/C18H15NO5/c1-12(20)14-6-3-13(4-7-14)5-8-15-9-10-16(18(21)24-2)11-17(15)19(22)23/h3-11H,1-2H3/b8-5+. The summed E-state index contributed by atoms with van der Waals surface area (Å²) in [7, 11) is 1.21. The van der Waals surface area contributed by atoms with Gasteiger partial charge in [-0.3, -0.25) is 14.9 Å². The third-order valence-electron chi connectivity index (χ3n) is 3.42. The van der Waals surface area contributed by atoms with Gasteiger partial charge >= 0.3 is 5.97 Å². The number of benzene rings is 2. The summed E-state index contributed by atoms with van der Waals surface area (Å²) in [6.45, 7) is 1.48. The van der Waals surface area contributed by atoms with Crippen molar-refractivity contribution in [2.75, 3.05) is 7.11 Å². The molecule has 0 atom stereocenters. The Bertz CT molecular complexity index is 822. The van der Waals surface area contributed by atoms with Gasteiger partial charge in [0.05, 0.1) is 23.2 Å². The summed E-state index contributed by atoms with van der Waals surface area (Å²) in [5.41, 5.74) is 1.69. The molecule has 2 rings (SSSR count). The van der Waals surface area contributed by atoms with Gasteiger partial charge in [-0.15, -0.1) is 0 Å². The molecule has 0 bridgehead atoms. The van der Waals surface area contributed by atoms with Gasteiger partial charge in [0.2, 0.25) is 0 Å². The summed E-state index contributed by atoms with van der Waals surface area (Å²) in [6.07, 6.45) is 3.28. The molecular weight excluding hydrogens is 310 g/mol. The second-order valence-corrected chi connectivity index (χ2v) is 5.03. The molecule has 0 fully saturated rings. The second-order valence-electron chi connectivity index (χ2n) is 5.03. The number of nitro benzene ring substituents is 1. The summed E-state index contributed by atoms with van der Waals surface area (Å²) in [4.78, 5) is 33.4. The van der Waals surface area contributed by atoms with E-state index in [0.29, 0.717) is 11.1 Å². The molecule has 0 radical (unpaired) electrons. The number of Topliss-reactive ketones (excluding diaryl/α,β-unsaturated/α-hetero) is 1. The highest BCUT2D eigenvalue weighted by atomic mass is 16.6. The lowest BCUT2D eigenvalue weighted by Gasteiger charge is -2.02. The summed E-state index contributed by atoms with van der Waals surface area (Å²) in [5, 5.41) is 11.2. The molecule has 2 aromatic rings. The van der Waals surface area contributed by atoms with Gasteiger partial charge in [0, 0.05) is 11.6 Å². The number of hydrogen-bond acceptors (Lipinski definition) is 5. The molecule has 0 saturated heterocycles. The van der Waals surface area contributed by atoms with E-state index in [-0.39, 0.29) is 17.0 Å². The normalized spacial score (nSPS) is 10.6. The maximum absolute atomic E-state index is 11.5. The van der Waals surface area contributed by atoms with Gasteiger partial charge in [-0.2, -0.15) is 0 Å². The predicted molar refractivity (Wildman–Crippen MR) is 89.8 cm³/mol. The lowest BCUT2D eigenvalue weighted by atomic mass is 10.1. The van der Waals surface area contributed by atoms with Crippen LogP contribution in [0.1, 0.15) is 38.8 Å². The summed E-state index contributed by atoms with van der Waals surface area (Å²) in [6, 6.07) is 11.0. The minimum absolute atomic E-state index is 0.0282. The first-order valence-corrected chi connectivity index (χ1v) is 7.08. The average molecular weight is 325 g/mol. The van der Waals surface area contributed by atoms with Gasteiger partial charge in [0.1, 0.15) is 0 Å². The molecule has 0 heterocycles. The molecule has 0 aliphatic heterocycles. The molecule has 0 unspecified atom stereocenters. The molecule has 122 valence electrons. The predicted octanol–water partition coefficient (Wildman–Crippen LogP) is 3.75. The lowest BCUT2D eigenvalue weighted by Crippen LogP contribution is -2.02. The zero-order valence-corrected chi connectivity index (χ0v) is 13.2. The molecule has 0 saturated carbocycles. The second kappa shape index (κ2) is 7.32. The number of nitro groups is 1. The largest absolute Gasteiger partial charge is 0.465 e. The first-order valence-electron chi connectivity index (χ1n) is 7.08. The molecule has 24 heavy (non-hydrogen) atoms. The fourth-order valence-corrected chi connectivity index (χ4v) is 2.10. The van der Waals surface area contributed by atoms with Crippen LogP contribution in [-0.2, 0) is 4.74 Å². The smallest absolute Gasteiger partial charge is 0.338 e. The zero-order chi connectivity index (χ0) is 17.7. The van der Waals surface area contributed by atoms with Crippen molar-refractivity contribution in [3.05, 3.63) is 74.8 Å². The molecule has 2 aromatic carbocycles. The molecule has 6 nitrogen and oxygen atoms in total. The van der Waals surface area contributed by atoms with E-state index in [4.69, 9.17) is 0 Å². The van der Waals surface area contributed by atoms with Crippen molar-refractivity contribution >= 4 is 29.6 Å². The van der Waals surface area contributed by atoms with Crippen LogP contribution in [0.25, 0.3) is 12.2 Å². The van der Waals surface area contributed by atoms with E-state index in [0.717, 1.165) is 5.56 Å². The van der Waals surface area contributed by atoms with Crippen LogP contribution in [0.5, 0.6) is 0 Å². The third-order valence-corrected chi connectivity index (χ3v) is 3.42. The van der Waals surface area contributed by atoms with Gasteiger partial charge in [0.15, 0.2) is 5.78 Å². The number of carbonyl (C=O) groups excluding carboxylic acids is 2. The highest BCUT2D eigenvalue weighted by molar-refractivity contribution is 5.94. The fraction of sp³-hybridized carbons (Fsp3) is 0.111. The number of ether oxygens (including phenoxy) is 1. The Hall–Kier alpha value is -3.28. The summed E-state index contributed by atoms with van der Waals surface area (Å²) in [5.74, 6) is -0.659. The number of rotatable bonds is 5. The van der Waals surface area contributed by atoms with Crippen molar-refractivity contribution in [1.82, 2.24) is 0 Å². The maximum Gasteiger partial charge on any atom is 0.338 e. The van der Waals surface area contributed by atoms with Crippen LogP contribution < -0.4 is 0 Å². The number of methoxy groups -OCH3 is 1. The number of esters is 1. The Labute approximate surface area is 138 Å². The van der Waals surface area contributed by atoms with Gasteiger partial charge in [-0.25, -0.2) is 4.79 Å². The zero-order valence-electron chi connectivity index (χ0n) is 13.2. The monoisotopic (exact) mass is 325 g/mol. The first kappa shape index (κ1) is 17.1. The van der Waals surface area contributed by atoms with Gasteiger partial charge in [0.25, 0.3) is 5.69 Å². The first-order chi connectivity index (χ1) is 11.4. The van der Waals surface area contributed by atoms with Crippen molar-refractivity contribution < 1.29 is 19.2 Å². The molecule has 6 heteroatoms. The van der Waals surface area contributed by atoms with Gasteiger partial charge < -0.3 is 4.74 Å². The van der Waals surface area contributed by atoms with E-state index < -0.39 is 10.9 Å². The molecule has 0 N–H and O–H groups in total. The number of ketones is 1. The Morgan fingerprint density at radius 2 is 1.67 bits per heavy atom. The number of carbonyl (C=O) groups is 2. The molecule has 0 aromatic heterocycles. The maximum atomic E-state index is 11.5. The highest BCUT2D eigenvalue weighted by Crippen LogP contribution is 2.23. The van der Waals surface area contributed by atoms with E-state index in [9.17, 15) is 19.7 Å². The average Bonchev–Trinajstić information content (AvgIpc) is 2.59.